The zero-order chi connectivity index (χ0) is 14.5. The second kappa shape index (κ2) is 6.53. The molecule has 0 aliphatic carbocycles. The average molecular weight is 291 g/mol. The van der Waals surface area contributed by atoms with Gasteiger partial charge < -0.3 is 4.57 Å². The van der Waals surface area contributed by atoms with Gasteiger partial charge in [0.2, 0.25) is 5.91 Å². The molecule has 6 nitrogen and oxygen atoms in total. The Morgan fingerprint density at radius 3 is 2.50 bits per heavy atom. The Hall–Kier alpha value is -1.86. The van der Waals surface area contributed by atoms with E-state index in [2.05, 4.69) is 15.6 Å². The number of carbonyl (C=O) groups is 1. The Morgan fingerprint density at radius 2 is 1.95 bits per heavy atom. The van der Waals surface area contributed by atoms with E-state index in [9.17, 15) is 4.79 Å². The first-order chi connectivity index (χ1) is 9.60. The summed E-state index contributed by atoms with van der Waals surface area (Å²) >= 11 is 1.64. The highest BCUT2D eigenvalue weighted by atomic mass is 32.2. The fourth-order valence-electron chi connectivity index (χ4n) is 1.65. The van der Waals surface area contributed by atoms with Gasteiger partial charge in [-0.2, -0.15) is 0 Å². The average Bonchev–Trinajstić information content (AvgIpc) is 2.78. The third-order valence-corrected chi connectivity index (χ3v) is 4.06. The third-order valence-electron chi connectivity index (χ3n) is 2.97. The molecule has 1 aromatic carbocycles. The first kappa shape index (κ1) is 14.5. The standard InChI is InChI=1S/C13H17N5OS/c1-9-16-17-13(18(9)2)20-8-11-5-3-10(4-6-11)7-12(19)15-14/h3-6H,7-8,14H2,1-2H3,(H,15,19). The minimum absolute atomic E-state index is 0.193. The Kier molecular flexibility index (Phi) is 4.75. The highest BCUT2D eigenvalue weighted by Gasteiger charge is 2.06. The number of nitrogens with one attached hydrogen (secondary N) is 1. The zero-order valence-electron chi connectivity index (χ0n) is 11.5. The number of aryl methyl sites for hydroxylation is 1. The predicted molar refractivity (Wildman–Crippen MR) is 77.8 cm³/mol. The summed E-state index contributed by atoms with van der Waals surface area (Å²) in [4.78, 5) is 11.2. The summed E-state index contributed by atoms with van der Waals surface area (Å²) in [7, 11) is 1.95. The van der Waals surface area contributed by atoms with Crippen LogP contribution in [0.3, 0.4) is 0 Å². The van der Waals surface area contributed by atoms with Gasteiger partial charge in [-0.3, -0.25) is 10.2 Å². The minimum Gasteiger partial charge on any atom is -0.309 e. The van der Waals surface area contributed by atoms with Gasteiger partial charge in [-0.05, 0) is 18.1 Å². The summed E-state index contributed by atoms with van der Waals surface area (Å²) < 4.78 is 1.96. The van der Waals surface area contributed by atoms with Crippen molar-refractivity contribution in [2.75, 3.05) is 0 Å². The Bertz CT molecular complexity index is 593. The number of rotatable bonds is 5. The highest BCUT2D eigenvalue weighted by molar-refractivity contribution is 7.98. The van der Waals surface area contributed by atoms with Crippen LogP contribution in [0.1, 0.15) is 17.0 Å². The largest absolute Gasteiger partial charge is 0.309 e. The summed E-state index contributed by atoms with van der Waals surface area (Å²) in [6.45, 7) is 1.92. The fourth-order valence-corrected chi connectivity index (χ4v) is 2.56. The lowest BCUT2D eigenvalue weighted by Crippen LogP contribution is -2.31. The molecule has 1 heterocycles. The van der Waals surface area contributed by atoms with Crippen molar-refractivity contribution in [3.05, 3.63) is 41.2 Å². The number of amides is 1. The van der Waals surface area contributed by atoms with Crippen molar-refractivity contribution in [2.24, 2.45) is 12.9 Å². The number of aromatic nitrogens is 3. The molecule has 1 aromatic heterocycles. The number of hydrogen-bond donors (Lipinski definition) is 2. The molecule has 0 fully saturated rings. The van der Waals surface area contributed by atoms with Crippen molar-refractivity contribution in [3.8, 4) is 0 Å². The third kappa shape index (κ3) is 3.58. The van der Waals surface area contributed by atoms with Gasteiger partial charge in [0.05, 0.1) is 6.42 Å². The molecule has 0 saturated carbocycles. The second-order valence-corrected chi connectivity index (χ2v) is 5.38. The van der Waals surface area contributed by atoms with Gasteiger partial charge in [-0.1, -0.05) is 36.0 Å². The first-order valence-electron chi connectivity index (χ1n) is 6.16. The maximum absolute atomic E-state index is 11.2. The van der Waals surface area contributed by atoms with E-state index in [-0.39, 0.29) is 5.91 Å². The van der Waals surface area contributed by atoms with Crippen LogP contribution in [0.25, 0.3) is 0 Å². The van der Waals surface area contributed by atoms with Crippen LogP contribution in [-0.2, 0) is 24.0 Å². The Balaban J connectivity index is 1.94. The van der Waals surface area contributed by atoms with Crippen LogP contribution in [-0.4, -0.2) is 20.7 Å². The van der Waals surface area contributed by atoms with E-state index < -0.39 is 0 Å². The molecule has 2 rings (SSSR count). The van der Waals surface area contributed by atoms with Gasteiger partial charge >= 0.3 is 0 Å². The van der Waals surface area contributed by atoms with E-state index in [1.807, 2.05) is 42.8 Å². The van der Waals surface area contributed by atoms with Crippen molar-refractivity contribution in [1.82, 2.24) is 20.2 Å². The van der Waals surface area contributed by atoms with Gasteiger partial charge in [-0.15, -0.1) is 10.2 Å². The molecule has 0 atom stereocenters. The van der Waals surface area contributed by atoms with Crippen LogP contribution >= 0.6 is 11.8 Å². The molecule has 0 aliphatic rings. The molecule has 1 amide bonds. The van der Waals surface area contributed by atoms with Crippen LogP contribution in [0.5, 0.6) is 0 Å². The lowest BCUT2D eigenvalue weighted by molar-refractivity contribution is -0.120. The summed E-state index contributed by atoms with van der Waals surface area (Å²) in [5.74, 6) is 6.58. The van der Waals surface area contributed by atoms with E-state index in [0.717, 1.165) is 22.3 Å². The summed E-state index contributed by atoms with van der Waals surface area (Å²) in [5.41, 5.74) is 4.24. The fraction of sp³-hybridized carbons (Fsp3) is 0.308. The molecule has 0 radical (unpaired) electrons. The van der Waals surface area contributed by atoms with Gasteiger partial charge in [0.15, 0.2) is 5.16 Å². The lowest BCUT2D eigenvalue weighted by atomic mass is 10.1. The van der Waals surface area contributed by atoms with E-state index in [4.69, 9.17) is 5.84 Å². The van der Waals surface area contributed by atoms with E-state index in [1.165, 1.54) is 5.56 Å². The van der Waals surface area contributed by atoms with Gasteiger partial charge in [0.25, 0.3) is 0 Å². The number of hydrazine groups is 1. The summed E-state index contributed by atoms with van der Waals surface area (Å²) in [6, 6.07) is 7.89. The molecule has 0 aliphatic heterocycles. The normalized spacial score (nSPS) is 10.6. The molecular weight excluding hydrogens is 274 g/mol. The molecule has 0 bridgehead atoms. The predicted octanol–water partition coefficient (Wildman–Crippen LogP) is 0.948. The topological polar surface area (TPSA) is 85.8 Å². The van der Waals surface area contributed by atoms with Gasteiger partial charge in [0, 0.05) is 12.8 Å². The van der Waals surface area contributed by atoms with Crippen LogP contribution < -0.4 is 11.3 Å². The second-order valence-electron chi connectivity index (χ2n) is 4.44. The van der Waals surface area contributed by atoms with Crippen molar-refractivity contribution in [3.63, 3.8) is 0 Å². The van der Waals surface area contributed by atoms with Crippen molar-refractivity contribution in [1.29, 1.82) is 0 Å². The SMILES string of the molecule is Cc1nnc(SCc2ccc(CC(=O)NN)cc2)n1C. The van der Waals surface area contributed by atoms with Gasteiger partial charge in [0.1, 0.15) is 5.82 Å². The molecule has 0 spiro atoms. The Labute approximate surface area is 121 Å². The number of thioether (sulfide) groups is 1. The lowest BCUT2D eigenvalue weighted by Gasteiger charge is -2.04. The molecular formula is C13H17N5OS. The molecule has 2 aromatic rings. The van der Waals surface area contributed by atoms with E-state index in [1.54, 1.807) is 11.8 Å². The van der Waals surface area contributed by atoms with E-state index >= 15 is 0 Å². The smallest absolute Gasteiger partial charge is 0.238 e. The molecule has 20 heavy (non-hydrogen) atoms. The molecule has 7 heteroatoms. The number of carbonyl (C=O) groups excluding carboxylic acids is 1. The van der Waals surface area contributed by atoms with Crippen LogP contribution in [0.15, 0.2) is 29.4 Å². The molecule has 3 N–H and O–H groups in total. The highest BCUT2D eigenvalue weighted by Crippen LogP contribution is 2.21. The van der Waals surface area contributed by atoms with Crippen molar-refractivity contribution in [2.45, 2.75) is 24.3 Å². The van der Waals surface area contributed by atoms with Crippen molar-refractivity contribution >= 4 is 17.7 Å². The zero-order valence-corrected chi connectivity index (χ0v) is 12.3. The molecule has 0 unspecified atom stereocenters. The molecule has 106 valence electrons. The summed E-state index contributed by atoms with van der Waals surface area (Å²) in [6.07, 6.45) is 0.298. The van der Waals surface area contributed by atoms with Crippen LogP contribution in [0.2, 0.25) is 0 Å². The molecule has 0 saturated heterocycles. The number of hydrogen-bond acceptors (Lipinski definition) is 5. The Morgan fingerprint density at radius 1 is 1.30 bits per heavy atom. The summed E-state index contributed by atoms with van der Waals surface area (Å²) in [5, 5.41) is 9.03. The number of benzene rings is 1. The minimum atomic E-state index is -0.193. The van der Waals surface area contributed by atoms with Crippen LogP contribution in [0.4, 0.5) is 0 Å². The van der Waals surface area contributed by atoms with E-state index in [0.29, 0.717) is 6.42 Å². The monoisotopic (exact) mass is 291 g/mol. The maximum atomic E-state index is 11.2. The number of nitrogens with zero attached hydrogens (tertiary/aromatic N) is 3. The number of nitrogens with two attached hydrogens (primary N) is 1. The first-order valence-corrected chi connectivity index (χ1v) is 7.14. The van der Waals surface area contributed by atoms with Gasteiger partial charge in [-0.25, -0.2) is 5.84 Å². The van der Waals surface area contributed by atoms with Crippen molar-refractivity contribution < 1.29 is 4.79 Å². The quantitative estimate of drug-likeness (QED) is 0.371. The maximum Gasteiger partial charge on any atom is 0.238 e. The van der Waals surface area contributed by atoms with Crippen LogP contribution in [0, 0.1) is 6.92 Å².